The SMILES string of the molecule is CCc1cnccc1-c1nc(O)c(C)c(=O)[nH]1. The summed E-state index contributed by atoms with van der Waals surface area (Å²) in [5, 5.41) is 9.56. The first-order valence-electron chi connectivity index (χ1n) is 5.36. The van der Waals surface area contributed by atoms with Crippen LogP contribution in [0.3, 0.4) is 0 Å². The van der Waals surface area contributed by atoms with E-state index < -0.39 is 0 Å². The fourth-order valence-electron chi connectivity index (χ4n) is 1.59. The van der Waals surface area contributed by atoms with Crippen molar-refractivity contribution < 1.29 is 5.11 Å². The highest BCUT2D eigenvalue weighted by Gasteiger charge is 2.10. The van der Waals surface area contributed by atoms with Gasteiger partial charge < -0.3 is 10.1 Å². The number of rotatable bonds is 2. The highest BCUT2D eigenvalue weighted by atomic mass is 16.3. The minimum atomic E-state index is -0.327. The molecule has 0 amide bonds. The van der Waals surface area contributed by atoms with E-state index in [2.05, 4.69) is 15.0 Å². The van der Waals surface area contributed by atoms with Crippen LogP contribution in [0.4, 0.5) is 0 Å². The van der Waals surface area contributed by atoms with E-state index in [1.165, 1.54) is 6.92 Å². The molecular weight excluding hydrogens is 218 g/mol. The minimum Gasteiger partial charge on any atom is -0.493 e. The van der Waals surface area contributed by atoms with Crippen molar-refractivity contribution in [2.24, 2.45) is 0 Å². The van der Waals surface area contributed by atoms with Crippen molar-refractivity contribution in [3.8, 4) is 17.3 Å². The summed E-state index contributed by atoms with van der Waals surface area (Å²) in [6.07, 6.45) is 4.14. The lowest BCUT2D eigenvalue weighted by Crippen LogP contribution is -2.12. The standard InChI is InChI=1S/C12H13N3O2/c1-3-8-6-13-5-4-9(8)10-14-11(16)7(2)12(17)15-10/h4-6H,3H2,1-2H3,(H2,14,15,16,17). The average Bonchev–Trinajstić information content (AvgIpc) is 2.35. The number of aromatic hydroxyl groups is 1. The molecule has 2 aromatic heterocycles. The number of nitrogens with one attached hydrogen (secondary N) is 1. The molecule has 0 saturated carbocycles. The lowest BCUT2D eigenvalue weighted by Gasteiger charge is -2.07. The Labute approximate surface area is 98.2 Å². The molecule has 0 aromatic carbocycles. The number of H-pyrrole nitrogens is 1. The summed E-state index contributed by atoms with van der Waals surface area (Å²) in [5.74, 6) is 0.139. The van der Waals surface area contributed by atoms with E-state index in [9.17, 15) is 9.90 Å². The Hall–Kier alpha value is -2.17. The minimum absolute atomic E-state index is 0.223. The number of pyridine rings is 1. The Morgan fingerprint density at radius 2 is 2.24 bits per heavy atom. The number of aromatic nitrogens is 3. The largest absolute Gasteiger partial charge is 0.493 e. The molecule has 0 bridgehead atoms. The van der Waals surface area contributed by atoms with Gasteiger partial charge in [0.2, 0.25) is 5.88 Å². The Balaban J connectivity index is 2.65. The second-order valence-electron chi connectivity index (χ2n) is 3.75. The third kappa shape index (κ3) is 2.04. The maximum Gasteiger partial charge on any atom is 0.257 e. The topological polar surface area (TPSA) is 78.9 Å². The Morgan fingerprint density at radius 1 is 1.47 bits per heavy atom. The molecule has 0 aliphatic rings. The van der Waals surface area contributed by atoms with Gasteiger partial charge in [0.15, 0.2) is 0 Å². The molecule has 2 heterocycles. The van der Waals surface area contributed by atoms with Crippen LogP contribution in [0.5, 0.6) is 5.88 Å². The zero-order valence-electron chi connectivity index (χ0n) is 9.69. The number of nitrogens with zero attached hydrogens (tertiary/aromatic N) is 2. The van der Waals surface area contributed by atoms with Crippen LogP contribution in [-0.4, -0.2) is 20.1 Å². The molecule has 17 heavy (non-hydrogen) atoms. The second kappa shape index (κ2) is 4.37. The predicted molar refractivity (Wildman–Crippen MR) is 63.9 cm³/mol. The van der Waals surface area contributed by atoms with Gasteiger partial charge in [-0.2, -0.15) is 4.98 Å². The third-order valence-electron chi connectivity index (χ3n) is 2.67. The van der Waals surface area contributed by atoms with E-state index >= 15 is 0 Å². The molecule has 0 radical (unpaired) electrons. The maximum absolute atomic E-state index is 11.6. The summed E-state index contributed by atoms with van der Waals surface area (Å²) in [6.45, 7) is 3.52. The van der Waals surface area contributed by atoms with Crippen LogP contribution < -0.4 is 5.56 Å². The number of aryl methyl sites for hydroxylation is 1. The molecule has 0 spiro atoms. The molecule has 88 valence electrons. The first-order valence-corrected chi connectivity index (χ1v) is 5.36. The van der Waals surface area contributed by atoms with Crippen molar-refractivity contribution >= 4 is 0 Å². The summed E-state index contributed by atoms with van der Waals surface area (Å²) in [4.78, 5) is 22.2. The third-order valence-corrected chi connectivity index (χ3v) is 2.67. The summed E-state index contributed by atoms with van der Waals surface area (Å²) >= 11 is 0. The normalized spacial score (nSPS) is 10.5. The van der Waals surface area contributed by atoms with E-state index in [4.69, 9.17) is 0 Å². The van der Waals surface area contributed by atoms with Crippen LogP contribution in [0.15, 0.2) is 23.3 Å². The van der Waals surface area contributed by atoms with Crippen LogP contribution in [-0.2, 0) is 6.42 Å². The molecule has 0 aliphatic carbocycles. The number of hydrogen-bond acceptors (Lipinski definition) is 4. The molecule has 5 nitrogen and oxygen atoms in total. The number of hydrogen-bond donors (Lipinski definition) is 2. The van der Waals surface area contributed by atoms with Gasteiger partial charge in [-0.1, -0.05) is 6.92 Å². The van der Waals surface area contributed by atoms with Crippen molar-refractivity contribution in [3.05, 3.63) is 39.9 Å². The zero-order valence-corrected chi connectivity index (χ0v) is 9.69. The van der Waals surface area contributed by atoms with E-state index in [1.54, 1.807) is 18.5 Å². The first-order chi connectivity index (χ1) is 8.13. The van der Waals surface area contributed by atoms with Crippen LogP contribution in [0.25, 0.3) is 11.4 Å². The molecule has 0 atom stereocenters. The van der Waals surface area contributed by atoms with Gasteiger partial charge in [0.05, 0.1) is 5.56 Å². The monoisotopic (exact) mass is 231 g/mol. The average molecular weight is 231 g/mol. The predicted octanol–water partition coefficient (Wildman–Crippen LogP) is 1.41. The molecule has 5 heteroatoms. The maximum atomic E-state index is 11.6. The van der Waals surface area contributed by atoms with E-state index in [0.29, 0.717) is 5.82 Å². The van der Waals surface area contributed by atoms with Crippen LogP contribution >= 0.6 is 0 Å². The van der Waals surface area contributed by atoms with Crippen LogP contribution in [0.1, 0.15) is 18.1 Å². The van der Waals surface area contributed by atoms with Gasteiger partial charge in [-0.3, -0.25) is 9.78 Å². The Bertz CT molecular complexity index is 605. The summed E-state index contributed by atoms with van der Waals surface area (Å²) < 4.78 is 0. The second-order valence-corrected chi connectivity index (χ2v) is 3.75. The summed E-state index contributed by atoms with van der Waals surface area (Å²) in [5.41, 5.74) is 1.65. The van der Waals surface area contributed by atoms with Gasteiger partial charge in [0.25, 0.3) is 5.56 Å². The van der Waals surface area contributed by atoms with E-state index in [0.717, 1.165) is 17.5 Å². The lowest BCUT2D eigenvalue weighted by atomic mass is 10.1. The first kappa shape index (κ1) is 11.3. The van der Waals surface area contributed by atoms with Crippen molar-refractivity contribution in [3.63, 3.8) is 0 Å². The molecule has 0 aliphatic heterocycles. The van der Waals surface area contributed by atoms with Gasteiger partial charge in [-0.15, -0.1) is 0 Å². The van der Waals surface area contributed by atoms with Gasteiger partial charge in [-0.05, 0) is 25.0 Å². The van der Waals surface area contributed by atoms with E-state index in [-0.39, 0.29) is 17.0 Å². The van der Waals surface area contributed by atoms with Gasteiger partial charge in [-0.25, -0.2) is 0 Å². The zero-order chi connectivity index (χ0) is 12.4. The summed E-state index contributed by atoms with van der Waals surface area (Å²) in [7, 11) is 0. The van der Waals surface area contributed by atoms with Crippen molar-refractivity contribution in [2.45, 2.75) is 20.3 Å². The number of aromatic amines is 1. The van der Waals surface area contributed by atoms with Crippen LogP contribution in [0.2, 0.25) is 0 Å². The Kier molecular flexibility index (Phi) is 2.91. The quantitative estimate of drug-likeness (QED) is 0.819. The smallest absolute Gasteiger partial charge is 0.257 e. The van der Waals surface area contributed by atoms with Crippen molar-refractivity contribution in [2.75, 3.05) is 0 Å². The molecule has 0 unspecified atom stereocenters. The van der Waals surface area contributed by atoms with Gasteiger partial charge in [0, 0.05) is 18.0 Å². The van der Waals surface area contributed by atoms with Gasteiger partial charge in [0.1, 0.15) is 5.82 Å². The lowest BCUT2D eigenvalue weighted by molar-refractivity contribution is 0.447. The molecule has 2 aromatic rings. The fourth-order valence-corrected chi connectivity index (χ4v) is 1.59. The van der Waals surface area contributed by atoms with Crippen LogP contribution in [0, 0.1) is 6.92 Å². The van der Waals surface area contributed by atoms with Crippen molar-refractivity contribution in [1.29, 1.82) is 0 Å². The van der Waals surface area contributed by atoms with Gasteiger partial charge >= 0.3 is 0 Å². The Morgan fingerprint density at radius 3 is 2.88 bits per heavy atom. The molecule has 2 N–H and O–H groups in total. The molecule has 0 fully saturated rings. The van der Waals surface area contributed by atoms with Crippen molar-refractivity contribution in [1.82, 2.24) is 15.0 Å². The summed E-state index contributed by atoms with van der Waals surface area (Å²) in [6, 6.07) is 1.77. The fraction of sp³-hybridized carbons (Fsp3) is 0.250. The van der Waals surface area contributed by atoms with E-state index in [1.807, 2.05) is 6.92 Å². The highest BCUT2D eigenvalue weighted by Crippen LogP contribution is 2.20. The molecule has 2 rings (SSSR count). The molecule has 0 saturated heterocycles. The molecular formula is C12H13N3O2. The highest BCUT2D eigenvalue weighted by molar-refractivity contribution is 5.59.